The Hall–Kier alpha value is -4.18. The van der Waals surface area contributed by atoms with Crippen LogP contribution in [0.2, 0.25) is 25.7 Å². The van der Waals surface area contributed by atoms with Gasteiger partial charge in [-0.05, 0) is 58.8 Å². The molecular weight excluding hydrogens is 597 g/mol. The van der Waals surface area contributed by atoms with Gasteiger partial charge in [-0.3, -0.25) is 4.79 Å². The molecule has 5 rings (SSSR count). The van der Waals surface area contributed by atoms with Gasteiger partial charge in [0.15, 0.2) is 6.79 Å². The number of hydrogen-bond acceptors (Lipinski definition) is 5. The van der Waals surface area contributed by atoms with Crippen LogP contribution in [0.5, 0.6) is 5.75 Å². The van der Waals surface area contributed by atoms with Crippen LogP contribution >= 0.6 is 0 Å². The van der Waals surface area contributed by atoms with Crippen LogP contribution in [0.4, 0.5) is 4.79 Å². The fourth-order valence-electron chi connectivity index (χ4n) is 5.68. The number of carbonyl (C=O) groups excluding carboxylic acids is 1. The average molecular weight is 641 g/mol. The van der Waals surface area contributed by atoms with Crippen molar-refractivity contribution in [3.8, 4) is 5.75 Å². The summed E-state index contributed by atoms with van der Waals surface area (Å²) in [6, 6.07) is 30.6. The number of hydrogen-bond donors (Lipinski definition) is 2. The Labute approximate surface area is 272 Å². The first-order valence-corrected chi connectivity index (χ1v) is 19.6. The van der Waals surface area contributed by atoms with Crippen LogP contribution in [0.25, 0.3) is 10.8 Å². The summed E-state index contributed by atoms with van der Waals surface area (Å²) in [5.74, 6) is 0.655. The van der Waals surface area contributed by atoms with Crippen LogP contribution in [0.3, 0.4) is 0 Å². The lowest BCUT2D eigenvalue weighted by Gasteiger charge is -2.37. The highest BCUT2D eigenvalue weighted by molar-refractivity contribution is 6.76. The quantitative estimate of drug-likeness (QED) is 0.0892. The molecular formula is C37H44N2O6Si. The number of likely N-dealkylation sites (tertiary alicyclic amines) is 1. The zero-order valence-corrected chi connectivity index (χ0v) is 27.9. The van der Waals surface area contributed by atoms with Crippen LogP contribution in [0.1, 0.15) is 39.4 Å². The maximum absolute atomic E-state index is 12.5. The van der Waals surface area contributed by atoms with Gasteiger partial charge >= 0.3 is 6.09 Å². The minimum atomic E-state index is -1.18. The minimum Gasteiger partial charge on any atom is -0.467 e. The monoisotopic (exact) mass is 640 g/mol. The highest BCUT2D eigenvalue weighted by atomic mass is 28.3. The number of carboxylic acid groups (broad SMARTS) is 1. The van der Waals surface area contributed by atoms with Gasteiger partial charge in [0.1, 0.15) is 5.75 Å². The van der Waals surface area contributed by atoms with Gasteiger partial charge in [0, 0.05) is 44.6 Å². The normalized spacial score (nSPS) is 16.7. The number of rotatable bonds is 13. The molecule has 1 aliphatic rings. The Bertz CT molecular complexity index is 1610. The third-order valence-electron chi connectivity index (χ3n) is 8.37. The molecule has 0 aliphatic carbocycles. The second-order valence-electron chi connectivity index (χ2n) is 13.1. The number of nitrogens with zero attached hydrogens (tertiary/aromatic N) is 1. The van der Waals surface area contributed by atoms with Crippen molar-refractivity contribution in [2.24, 2.45) is 0 Å². The molecule has 242 valence electrons. The molecule has 0 saturated carbocycles. The number of carbonyl (C=O) groups is 2. The van der Waals surface area contributed by atoms with E-state index in [2.05, 4.69) is 49.2 Å². The number of benzene rings is 4. The standard InChI is InChI=1S/C37H44N2O6Si/c1-46(2,3)20-19-43-26-45-34-22-28(21-31-11-7-8-12-32(31)34)25-44-35-24-39(37(41)42)18-17-33(35)29-15-13-27(14-16-29)23-38-36(40)30-9-5-4-6-10-30/h4-16,21-22,33,35H,17-20,23-26H2,1-3H3,(H,38,40)(H,41,42). The average Bonchev–Trinajstić information content (AvgIpc) is 3.06. The van der Waals surface area contributed by atoms with Gasteiger partial charge in [0.2, 0.25) is 0 Å². The molecule has 2 N–H and O–H groups in total. The first-order chi connectivity index (χ1) is 22.2. The Morgan fingerprint density at radius 3 is 2.41 bits per heavy atom. The van der Waals surface area contributed by atoms with E-state index in [1.807, 2.05) is 54.6 Å². The summed E-state index contributed by atoms with van der Waals surface area (Å²) in [6.45, 7) is 9.31. The summed E-state index contributed by atoms with van der Waals surface area (Å²) in [4.78, 5) is 25.8. The molecule has 0 radical (unpaired) electrons. The van der Waals surface area contributed by atoms with Gasteiger partial charge in [-0.2, -0.15) is 0 Å². The van der Waals surface area contributed by atoms with E-state index in [1.54, 1.807) is 12.1 Å². The molecule has 0 aromatic heterocycles. The van der Waals surface area contributed by atoms with Crippen molar-refractivity contribution in [3.63, 3.8) is 0 Å². The Morgan fingerprint density at radius 1 is 0.935 bits per heavy atom. The molecule has 4 aromatic rings. The van der Waals surface area contributed by atoms with Crippen LogP contribution in [-0.2, 0) is 22.6 Å². The number of piperidine rings is 1. The smallest absolute Gasteiger partial charge is 0.407 e. The largest absolute Gasteiger partial charge is 0.467 e. The molecule has 8 nitrogen and oxygen atoms in total. The van der Waals surface area contributed by atoms with Crippen LogP contribution in [-0.4, -0.2) is 62.7 Å². The van der Waals surface area contributed by atoms with Gasteiger partial charge in [-0.25, -0.2) is 4.79 Å². The SMILES string of the molecule is C[Si](C)(C)CCOCOc1cc(COC2CN(C(=O)O)CCC2c2ccc(CNC(=O)c3ccccc3)cc2)cc2ccccc12. The predicted octanol–water partition coefficient (Wildman–Crippen LogP) is 7.51. The second kappa shape index (κ2) is 15.4. The number of nitrogens with one attached hydrogen (secondary N) is 1. The van der Waals surface area contributed by atoms with Crippen molar-refractivity contribution in [2.75, 3.05) is 26.5 Å². The molecule has 1 saturated heterocycles. The zero-order chi connectivity index (χ0) is 32.5. The first kappa shape index (κ1) is 33.2. The van der Waals surface area contributed by atoms with Crippen LogP contribution in [0.15, 0.2) is 91.0 Å². The second-order valence-corrected chi connectivity index (χ2v) is 18.7. The lowest BCUT2D eigenvalue weighted by molar-refractivity contribution is -0.0201. The lowest BCUT2D eigenvalue weighted by Crippen LogP contribution is -2.46. The molecule has 2 unspecified atom stereocenters. The molecule has 2 atom stereocenters. The van der Waals surface area contributed by atoms with Crippen molar-refractivity contribution in [2.45, 2.75) is 57.3 Å². The first-order valence-electron chi connectivity index (χ1n) is 15.9. The van der Waals surface area contributed by atoms with Crippen molar-refractivity contribution in [1.82, 2.24) is 10.2 Å². The molecule has 1 fully saturated rings. The molecule has 1 aliphatic heterocycles. The molecule has 9 heteroatoms. The Kier molecular flexibility index (Phi) is 11.1. The molecule has 4 aromatic carbocycles. The lowest BCUT2D eigenvalue weighted by atomic mass is 9.86. The predicted molar refractivity (Wildman–Crippen MR) is 183 cm³/mol. The van der Waals surface area contributed by atoms with Gasteiger partial charge in [-0.1, -0.05) is 86.4 Å². The van der Waals surface area contributed by atoms with E-state index < -0.39 is 14.2 Å². The number of amides is 2. The zero-order valence-electron chi connectivity index (χ0n) is 26.9. The van der Waals surface area contributed by atoms with Crippen LogP contribution in [0, 0.1) is 0 Å². The fraction of sp³-hybridized carbons (Fsp3) is 0.351. The molecule has 46 heavy (non-hydrogen) atoms. The summed E-state index contributed by atoms with van der Waals surface area (Å²) >= 11 is 0. The third-order valence-corrected chi connectivity index (χ3v) is 10.1. The maximum atomic E-state index is 12.5. The maximum Gasteiger partial charge on any atom is 0.407 e. The summed E-state index contributed by atoms with van der Waals surface area (Å²) in [6.07, 6.45) is -0.608. The molecule has 2 amide bonds. The van der Waals surface area contributed by atoms with Gasteiger partial charge in [0.25, 0.3) is 5.91 Å². The van der Waals surface area contributed by atoms with E-state index >= 15 is 0 Å². The third kappa shape index (κ3) is 9.19. The molecule has 0 bridgehead atoms. The van der Waals surface area contributed by atoms with Crippen LogP contribution < -0.4 is 10.1 Å². The highest BCUT2D eigenvalue weighted by Crippen LogP contribution is 2.33. The van der Waals surface area contributed by atoms with E-state index in [-0.39, 0.29) is 31.3 Å². The number of fused-ring (bicyclic) bond motifs is 1. The van der Waals surface area contributed by atoms with E-state index in [4.69, 9.17) is 14.2 Å². The van der Waals surface area contributed by atoms with E-state index in [9.17, 15) is 14.7 Å². The summed E-state index contributed by atoms with van der Waals surface area (Å²) < 4.78 is 18.4. The Balaban J connectivity index is 1.25. The topological polar surface area (TPSA) is 97.3 Å². The summed E-state index contributed by atoms with van der Waals surface area (Å²) in [5, 5.41) is 14.8. The van der Waals surface area contributed by atoms with Crippen molar-refractivity contribution >= 4 is 30.8 Å². The van der Waals surface area contributed by atoms with E-state index in [1.165, 1.54) is 4.90 Å². The Morgan fingerprint density at radius 2 is 1.67 bits per heavy atom. The van der Waals surface area contributed by atoms with Crippen molar-refractivity contribution < 1.29 is 28.9 Å². The fourth-order valence-corrected chi connectivity index (χ4v) is 6.44. The van der Waals surface area contributed by atoms with E-state index in [0.717, 1.165) is 39.3 Å². The van der Waals surface area contributed by atoms with Crippen molar-refractivity contribution in [1.29, 1.82) is 0 Å². The molecule has 0 spiro atoms. The van der Waals surface area contributed by atoms with E-state index in [0.29, 0.717) is 38.3 Å². The summed E-state index contributed by atoms with van der Waals surface area (Å²) in [5.41, 5.74) is 3.65. The number of ether oxygens (including phenoxy) is 3. The highest BCUT2D eigenvalue weighted by Gasteiger charge is 2.33. The molecule has 1 heterocycles. The summed E-state index contributed by atoms with van der Waals surface area (Å²) in [7, 11) is -1.18. The minimum absolute atomic E-state index is 0.0273. The van der Waals surface area contributed by atoms with Gasteiger partial charge < -0.3 is 29.5 Å². The van der Waals surface area contributed by atoms with Gasteiger partial charge in [-0.15, -0.1) is 0 Å². The van der Waals surface area contributed by atoms with Crippen molar-refractivity contribution in [3.05, 3.63) is 113 Å². The van der Waals surface area contributed by atoms with Gasteiger partial charge in [0.05, 0.1) is 19.3 Å².